The van der Waals surface area contributed by atoms with E-state index in [1.807, 2.05) is 7.05 Å². The van der Waals surface area contributed by atoms with Gasteiger partial charge < -0.3 is 0 Å². The second-order valence-electron chi connectivity index (χ2n) is 3.47. The molecule has 78 valence electrons. The van der Waals surface area contributed by atoms with Crippen LogP contribution < -0.4 is 0 Å². The molecule has 0 saturated carbocycles. The van der Waals surface area contributed by atoms with Crippen LogP contribution in [0, 0.1) is 6.92 Å². The first kappa shape index (κ1) is 10.5. The number of aryl methyl sites for hydroxylation is 2. The monoisotopic (exact) mass is 314 g/mol. The zero-order chi connectivity index (χ0) is 10.8. The predicted octanol–water partition coefficient (Wildman–Crippen LogP) is 2.12. The van der Waals surface area contributed by atoms with E-state index in [9.17, 15) is 0 Å². The van der Waals surface area contributed by atoms with Gasteiger partial charge in [-0.05, 0) is 35.0 Å². The van der Waals surface area contributed by atoms with Crippen LogP contribution in [0.3, 0.4) is 0 Å². The first-order valence-corrected chi connectivity index (χ1v) is 6.12. The number of halogens is 1. The van der Waals surface area contributed by atoms with Gasteiger partial charge in [0.25, 0.3) is 0 Å². The van der Waals surface area contributed by atoms with Gasteiger partial charge in [0.05, 0.1) is 0 Å². The summed E-state index contributed by atoms with van der Waals surface area (Å²) >= 11 is 2.35. The molecule has 1 aromatic heterocycles. The summed E-state index contributed by atoms with van der Waals surface area (Å²) in [5.41, 5.74) is 3.62. The Labute approximate surface area is 102 Å². The summed E-state index contributed by atoms with van der Waals surface area (Å²) in [5, 5.41) is 11.5. The summed E-state index contributed by atoms with van der Waals surface area (Å²) in [6.07, 6.45) is 0. The number of tetrazole rings is 1. The summed E-state index contributed by atoms with van der Waals surface area (Å²) in [7, 11) is 1.85. The summed E-state index contributed by atoms with van der Waals surface area (Å²) in [4.78, 5) is 0. The second kappa shape index (κ2) is 4.26. The summed E-state index contributed by atoms with van der Waals surface area (Å²) < 4.78 is 2.68. The summed E-state index contributed by atoms with van der Waals surface area (Å²) in [5.74, 6) is 0.810. The molecule has 0 aliphatic rings. The van der Waals surface area contributed by atoms with E-state index >= 15 is 0 Å². The Kier molecular flexibility index (Phi) is 2.99. The van der Waals surface area contributed by atoms with E-state index in [1.54, 1.807) is 4.68 Å². The van der Waals surface area contributed by atoms with Crippen LogP contribution in [0.5, 0.6) is 0 Å². The van der Waals surface area contributed by atoms with E-state index in [4.69, 9.17) is 0 Å². The highest BCUT2D eigenvalue weighted by Gasteiger charge is 2.07. The number of aromatic nitrogens is 4. The molecule has 2 aromatic rings. The van der Waals surface area contributed by atoms with Crippen molar-refractivity contribution in [1.82, 2.24) is 20.2 Å². The molecule has 1 aromatic carbocycles. The van der Waals surface area contributed by atoms with E-state index < -0.39 is 0 Å². The molecule has 4 nitrogen and oxygen atoms in total. The van der Waals surface area contributed by atoms with Gasteiger partial charge in [-0.3, -0.25) is 0 Å². The highest BCUT2D eigenvalue weighted by molar-refractivity contribution is 14.1. The minimum Gasteiger partial charge on any atom is -0.229 e. The number of alkyl halides is 1. The molecule has 1 heterocycles. The third kappa shape index (κ3) is 2.17. The van der Waals surface area contributed by atoms with Gasteiger partial charge in [-0.2, -0.15) is 0 Å². The predicted molar refractivity (Wildman–Crippen MR) is 66.7 cm³/mol. The molecule has 0 radical (unpaired) electrons. The van der Waals surface area contributed by atoms with Gasteiger partial charge in [0.15, 0.2) is 5.82 Å². The van der Waals surface area contributed by atoms with Crippen LogP contribution >= 0.6 is 22.6 Å². The first-order chi connectivity index (χ1) is 7.20. The smallest absolute Gasteiger partial charge is 0.181 e. The van der Waals surface area contributed by atoms with Crippen molar-refractivity contribution in [2.45, 2.75) is 11.4 Å². The average molecular weight is 314 g/mol. The fourth-order valence-electron chi connectivity index (χ4n) is 1.54. The molecule has 0 amide bonds. The maximum atomic E-state index is 4.00. The standard InChI is InChI=1S/C10H11IN4/c1-7-3-8(6-11)5-9(4-7)10-12-13-14-15(10)2/h3-5H,6H2,1-2H3. The molecule has 0 N–H and O–H groups in total. The van der Waals surface area contributed by atoms with Crippen LogP contribution in [0.15, 0.2) is 18.2 Å². The maximum Gasteiger partial charge on any atom is 0.181 e. The Balaban J connectivity index is 2.53. The first-order valence-electron chi connectivity index (χ1n) is 4.60. The zero-order valence-electron chi connectivity index (χ0n) is 8.61. The Morgan fingerprint density at radius 1 is 1.33 bits per heavy atom. The number of hydrogen-bond donors (Lipinski definition) is 0. The summed E-state index contributed by atoms with van der Waals surface area (Å²) in [6, 6.07) is 6.41. The van der Waals surface area contributed by atoms with E-state index in [1.165, 1.54) is 11.1 Å². The molecule has 0 saturated heterocycles. The molecule has 0 fully saturated rings. The topological polar surface area (TPSA) is 43.6 Å². The number of hydrogen-bond acceptors (Lipinski definition) is 3. The molecule has 0 aliphatic heterocycles. The van der Waals surface area contributed by atoms with Crippen LogP contribution in [0.4, 0.5) is 0 Å². The molecule has 5 heteroatoms. The van der Waals surface area contributed by atoms with E-state index in [2.05, 4.69) is 63.2 Å². The van der Waals surface area contributed by atoms with E-state index in [0.717, 1.165) is 15.8 Å². The van der Waals surface area contributed by atoms with Crippen molar-refractivity contribution in [3.8, 4) is 11.4 Å². The van der Waals surface area contributed by atoms with Crippen LogP contribution in [0.1, 0.15) is 11.1 Å². The van der Waals surface area contributed by atoms with Crippen molar-refractivity contribution in [1.29, 1.82) is 0 Å². The molecule has 0 bridgehead atoms. The second-order valence-corrected chi connectivity index (χ2v) is 4.23. The number of rotatable bonds is 2. The fraction of sp³-hybridized carbons (Fsp3) is 0.300. The largest absolute Gasteiger partial charge is 0.229 e. The SMILES string of the molecule is Cc1cc(CI)cc(-c2nnnn2C)c1. The highest BCUT2D eigenvalue weighted by atomic mass is 127. The van der Waals surface area contributed by atoms with Crippen molar-refractivity contribution in [2.75, 3.05) is 0 Å². The normalized spacial score (nSPS) is 10.6. The highest BCUT2D eigenvalue weighted by Crippen LogP contribution is 2.20. The molecule has 0 unspecified atom stereocenters. The Bertz CT molecular complexity index is 478. The summed E-state index contributed by atoms with van der Waals surface area (Å²) in [6.45, 7) is 2.09. The van der Waals surface area contributed by atoms with Crippen molar-refractivity contribution in [3.05, 3.63) is 29.3 Å². The van der Waals surface area contributed by atoms with Crippen LogP contribution in [-0.4, -0.2) is 20.2 Å². The van der Waals surface area contributed by atoms with Crippen molar-refractivity contribution in [3.63, 3.8) is 0 Å². The molecular formula is C10H11IN4. The van der Waals surface area contributed by atoms with Crippen molar-refractivity contribution < 1.29 is 0 Å². The van der Waals surface area contributed by atoms with Crippen molar-refractivity contribution >= 4 is 22.6 Å². The van der Waals surface area contributed by atoms with Gasteiger partial charge in [-0.15, -0.1) is 5.10 Å². The van der Waals surface area contributed by atoms with Gasteiger partial charge in [0, 0.05) is 17.0 Å². The van der Waals surface area contributed by atoms with Crippen molar-refractivity contribution in [2.24, 2.45) is 7.05 Å². The van der Waals surface area contributed by atoms with Gasteiger partial charge >= 0.3 is 0 Å². The lowest BCUT2D eigenvalue weighted by Crippen LogP contribution is -1.95. The maximum absolute atomic E-state index is 4.00. The third-order valence-electron chi connectivity index (χ3n) is 2.17. The van der Waals surface area contributed by atoms with Gasteiger partial charge in [-0.1, -0.05) is 34.2 Å². The van der Waals surface area contributed by atoms with E-state index in [0.29, 0.717) is 0 Å². The molecule has 2 rings (SSSR count). The van der Waals surface area contributed by atoms with Crippen LogP contribution in [0.2, 0.25) is 0 Å². The minimum absolute atomic E-state index is 0.810. The lowest BCUT2D eigenvalue weighted by molar-refractivity contribution is 0.714. The molecule has 0 aliphatic carbocycles. The quantitative estimate of drug-likeness (QED) is 0.630. The number of benzene rings is 1. The lowest BCUT2D eigenvalue weighted by Gasteiger charge is -2.04. The third-order valence-corrected chi connectivity index (χ3v) is 3.05. The van der Waals surface area contributed by atoms with E-state index in [-0.39, 0.29) is 0 Å². The zero-order valence-corrected chi connectivity index (χ0v) is 10.8. The molecule has 0 spiro atoms. The molecule has 0 atom stereocenters. The molecule has 15 heavy (non-hydrogen) atoms. The fourth-order valence-corrected chi connectivity index (χ4v) is 1.98. The van der Waals surface area contributed by atoms with Crippen LogP contribution in [0.25, 0.3) is 11.4 Å². The van der Waals surface area contributed by atoms with Gasteiger partial charge in [0.1, 0.15) is 0 Å². The molecular weight excluding hydrogens is 303 g/mol. The van der Waals surface area contributed by atoms with Crippen LogP contribution in [-0.2, 0) is 11.5 Å². The Morgan fingerprint density at radius 3 is 2.73 bits per heavy atom. The lowest BCUT2D eigenvalue weighted by atomic mass is 10.1. The average Bonchev–Trinajstić information content (AvgIpc) is 2.63. The number of nitrogens with zero attached hydrogens (tertiary/aromatic N) is 4. The Morgan fingerprint density at radius 2 is 2.13 bits per heavy atom. The van der Waals surface area contributed by atoms with Gasteiger partial charge in [0.2, 0.25) is 0 Å². The minimum atomic E-state index is 0.810. The van der Waals surface area contributed by atoms with Gasteiger partial charge in [-0.25, -0.2) is 4.68 Å². The Hall–Kier alpha value is -0.980.